The van der Waals surface area contributed by atoms with Gasteiger partial charge in [0.05, 0.1) is 24.7 Å². The van der Waals surface area contributed by atoms with Crippen molar-refractivity contribution in [2.24, 2.45) is 11.7 Å². The third kappa shape index (κ3) is 7.17. The van der Waals surface area contributed by atoms with Gasteiger partial charge in [-0.1, -0.05) is 32.0 Å². The number of rotatable bonds is 10. The van der Waals surface area contributed by atoms with Crippen LogP contribution >= 0.6 is 0 Å². The number of likely N-dealkylation sites (tertiary alicyclic amines) is 1. The van der Waals surface area contributed by atoms with E-state index in [9.17, 15) is 18.8 Å². The lowest BCUT2D eigenvalue weighted by molar-refractivity contribution is -0.135. The van der Waals surface area contributed by atoms with Crippen molar-refractivity contribution in [3.63, 3.8) is 0 Å². The number of nitrogens with one attached hydrogen (secondary N) is 2. The van der Waals surface area contributed by atoms with Crippen LogP contribution in [0.15, 0.2) is 54.1 Å². The van der Waals surface area contributed by atoms with Crippen LogP contribution in [0.3, 0.4) is 0 Å². The van der Waals surface area contributed by atoms with Gasteiger partial charge in [0.15, 0.2) is 0 Å². The van der Waals surface area contributed by atoms with E-state index in [0.717, 1.165) is 11.1 Å². The zero-order chi connectivity index (χ0) is 28.9. The fourth-order valence-electron chi connectivity index (χ4n) is 5.26. The number of methoxy groups -OCH3 is 1. The van der Waals surface area contributed by atoms with Crippen LogP contribution in [0.2, 0.25) is 0 Å². The maximum Gasteiger partial charge on any atom is 0.251 e. The first kappa shape index (κ1) is 29.7. The molecule has 1 heterocycles. The van der Waals surface area contributed by atoms with Gasteiger partial charge in [0.2, 0.25) is 11.8 Å². The molecule has 0 saturated carbocycles. The van der Waals surface area contributed by atoms with Gasteiger partial charge in [0.25, 0.3) is 5.91 Å². The van der Waals surface area contributed by atoms with Gasteiger partial charge < -0.3 is 26.1 Å². The highest BCUT2D eigenvalue weighted by Crippen LogP contribution is 2.40. The Morgan fingerprint density at radius 2 is 1.95 bits per heavy atom. The molecule has 0 radical (unpaired) electrons. The predicted octanol–water partition coefficient (Wildman–Crippen LogP) is 3.87. The summed E-state index contributed by atoms with van der Waals surface area (Å²) in [6.45, 7) is 7.18. The van der Waals surface area contributed by atoms with E-state index in [2.05, 4.69) is 5.32 Å². The Kier molecular flexibility index (Phi) is 9.75. The van der Waals surface area contributed by atoms with Crippen LogP contribution in [0.25, 0.3) is 0 Å². The number of benzene rings is 2. The molecule has 1 aliphatic rings. The molecule has 0 aromatic heterocycles. The minimum absolute atomic E-state index is 0.0825. The van der Waals surface area contributed by atoms with Crippen LogP contribution in [-0.2, 0) is 20.7 Å². The second-order valence-electron chi connectivity index (χ2n) is 10.3. The van der Waals surface area contributed by atoms with E-state index < -0.39 is 11.8 Å². The van der Waals surface area contributed by atoms with E-state index in [-0.39, 0.29) is 54.5 Å². The molecule has 3 unspecified atom stereocenters. The quantitative estimate of drug-likeness (QED) is 0.315. The number of hydrogen-bond acceptors (Lipinski definition) is 5. The van der Waals surface area contributed by atoms with Gasteiger partial charge in [-0.25, -0.2) is 4.39 Å². The highest BCUT2D eigenvalue weighted by atomic mass is 19.1. The summed E-state index contributed by atoms with van der Waals surface area (Å²) in [6.07, 6.45) is 1.99. The summed E-state index contributed by atoms with van der Waals surface area (Å²) < 4.78 is 19.7. The van der Waals surface area contributed by atoms with E-state index in [4.69, 9.17) is 15.9 Å². The van der Waals surface area contributed by atoms with Crippen molar-refractivity contribution in [2.45, 2.75) is 58.7 Å². The number of allylic oxidation sites excluding steroid dienone is 1. The Labute approximate surface area is 228 Å². The predicted molar refractivity (Wildman–Crippen MR) is 148 cm³/mol. The number of nitrogens with zero attached hydrogens (tertiary/aromatic N) is 1. The van der Waals surface area contributed by atoms with E-state index >= 15 is 0 Å². The van der Waals surface area contributed by atoms with Crippen molar-refractivity contribution in [2.75, 3.05) is 13.7 Å². The molecule has 1 aliphatic heterocycles. The van der Waals surface area contributed by atoms with E-state index in [0.29, 0.717) is 23.1 Å². The molecule has 0 spiro atoms. The van der Waals surface area contributed by atoms with Gasteiger partial charge in [0.1, 0.15) is 5.82 Å². The summed E-state index contributed by atoms with van der Waals surface area (Å²) in [5, 5.41) is 10.3. The smallest absolute Gasteiger partial charge is 0.251 e. The number of ether oxygens (including phenoxy) is 1. The Balaban J connectivity index is 1.76. The standard InChI is InChI=1S/C30H37FN4O4/c1-17(2)28-26(39-5)15-25(21-7-6-8-24(31)14-21)35(28)27(36)16-34-30(38)22-10-9-20(18(3)11-22)13-23(29(33)37)12-19(4)32/h6-12,14,17,25-26,28,32H,13,15-16H2,1-5H3,(H2,33,37)(H,34,38)/b23-12-,32-19?. The molecule has 208 valence electrons. The first-order valence-corrected chi connectivity index (χ1v) is 13.0. The lowest BCUT2D eigenvalue weighted by Crippen LogP contribution is -2.48. The van der Waals surface area contributed by atoms with Gasteiger partial charge >= 0.3 is 0 Å². The molecule has 4 N–H and O–H groups in total. The zero-order valence-electron chi connectivity index (χ0n) is 23.1. The molecule has 8 nitrogen and oxygen atoms in total. The molecule has 39 heavy (non-hydrogen) atoms. The fraction of sp³-hybridized carbons (Fsp3) is 0.400. The van der Waals surface area contributed by atoms with Crippen LogP contribution in [0.4, 0.5) is 4.39 Å². The number of hydrogen-bond donors (Lipinski definition) is 3. The molecule has 1 fully saturated rings. The Morgan fingerprint density at radius 3 is 2.51 bits per heavy atom. The summed E-state index contributed by atoms with van der Waals surface area (Å²) in [5.74, 6) is -1.58. The van der Waals surface area contributed by atoms with Crippen LogP contribution in [0, 0.1) is 24.1 Å². The number of halogens is 1. The summed E-state index contributed by atoms with van der Waals surface area (Å²) in [4.78, 5) is 40.0. The Morgan fingerprint density at radius 1 is 1.23 bits per heavy atom. The third-order valence-electron chi connectivity index (χ3n) is 7.09. The summed E-state index contributed by atoms with van der Waals surface area (Å²) in [7, 11) is 1.61. The van der Waals surface area contributed by atoms with Crippen molar-refractivity contribution >= 4 is 23.4 Å². The first-order chi connectivity index (χ1) is 18.4. The molecule has 3 atom stereocenters. The maximum atomic E-state index is 14.0. The number of carbonyl (C=O) groups is 3. The number of nitrogens with two attached hydrogens (primary N) is 1. The molecule has 2 aromatic carbocycles. The van der Waals surface area contributed by atoms with Gasteiger partial charge in [-0.05, 0) is 66.8 Å². The summed E-state index contributed by atoms with van der Waals surface area (Å²) in [5.41, 5.74) is 8.61. The number of amides is 3. The summed E-state index contributed by atoms with van der Waals surface area (Å²) in [6, 6.07) is 10.7. The van der Waals surface area contributed by atoms with Gasteiger partial charge in [-0.15, -0.1) is 0 Å². The average molecular weight is 537 g/mol. The molecule has 1 saturated heterocycles. The van der Waals surface area contributed by atoms with Crippen LogP contribution in [0.1, 0.15) is 60.3 Å². The molecular formula is C30H37FN4O4. The lowest BCUT2D eigenvalue weighted by atomic mass is 9.97. The molecule has 3 rings (SSSR count). The monoisotopic (exact) mass is 536 g/mol. The molecule has 0 aliphatic carbocycles. The van der Waals surface area contributed by atoms with Crippen molar-refractivity contribution in [3.05, 3.63) is 82.2 Å². The topological polar surface area (TPSA) is 126 Å². The normalized spacial score (nSPS) is 19.3. The van der Waals surface area contributed by atoms with Crippen molar-refractivity contribution < 1.29 is 23.5 Å². The Bertz CT molecular complexity index is 1290. The second kappa shape index (κ2) is 12.8. The minimum atomic E-state index is -0.602. The van der Waals surface area contributed by atoms with Crippen LogP contribution in [-0.4, -0.2) is 54.1 Å². The second-order valence-corrected chi connectivity index (χ2v) is 10.3. The molecule has 9 heteroatoms. The van der Waals surface area contributed by atoms with Gasteiger partial charge in [-0.3, -0.25) is 14.4 Å². The fourth-order valence-corrected chi connectivity index (χ4v) is 5.26. The van der Waals surface area contributed by atoms with Crippen molar-refractivity contribution in [3.8, 4) is 0 Å². The highest BCUT2D eigenvalue weighted by Gasteiger charge is 2.45. The average Bonchev–Trinajstić information content (AvgIpc) is 3.27. The van der Waals surface area contributed by atoms with Gasteiger partial charge in [-0.2, -0.15) is 0 Å². The number of primary amides is 1. The lowest BCUT2D eigenvalue weighted by Gasteiger charge is -2.34. The zero-order valence-corrected chi connectivity index (χ0v) is 23.1. The molecule has 0 bridgehead atoms. The molecule has 3 amide bonds. The SMILES string of the molecule is COC1CC(c2cccc(F)c2)N(C(=O)CNC(=O)c2ccc(C/C(=C/C(C)=N)C(N)=O)c(C)c2)C1C(C)C. The van der Waals surface area contributed by atoms with Crippen molar-refractivity contribution in [1.82, 2.24) is 10.2 Å². The Hall–Kier alpha value is -3.85. The van der Waals surface area contributed by atoms with Crippen LogP contribution < -0.4 is 11.1 Å². The summed E-state index contributed by atoms with van der Waals surface area (Å²) >= 11 is 0. The number of carbonyl (C=O) groups excluding carboxylic acids is 3. The number of aryl methyl sites for hydroxylation is 1. The maximum absolute atomic E-state index is 14.0. The minimum Gasteiger partial charge on any atom is -0.379 e. The van der Waals surface area contributed by atoms with Crippen molar-refractivity contribution in [1.29, 1.82) is 5.41 Å². The first-order valence-electron chi connectivity index (χ1n) is 13.0. The highest BCUT2D eigenvalue weighted by molar-refractivity contribution is 6.01. The van der Waals surface area contributed by atoms with E-state index in [1.165, 1.54) is 18.2 Å². The van der Waals surface area contributed by atoms with Crippen LogP contribution in [0.5, 0.6) is 0 Å². The van der Waals surface area contributed by atoms with E-state index in [1.807, 2.05) is 20.8 Å². The molecule has 2 aromatic rings. The van der Waals surface area contributed by atoms with E-state index in [1.54, 1.807) is 49.3 Å². The van der Waals surface area contributed by atoms with Gasteiger partial charge in [0, 0.05) is 36.8 Å². The molecular weight excluding hydrogens is 499 g/mol. The largest absolute Gasteiger partial charge is 0.379 e. The third-order valence-corrected chi connectivity index (χ3v) is 7.09.